The first-order chi connectivity index (χ1) is 7.73. The van der Waals surface area contributed by atoms with Crippen LogP contribution in [0.15, 0.2) is 0 Å². The van der Waals surface area contributed by atoms with E-state index in [0.717, 1.165) is 0 Å². The molecule has 0 bridgehead atoms. The number of ether oxygens (including phenoxy) is 2. The maximum atomic E-state index is 11.0. The van der Waals surface area contributed by atoms with Crippen molar-refractivity contribution in [3.05, 3.63) is 0 Å². The van der Waals surface area contributed by atoms with E-state index in [9.17, 15) is 9.59 Å². The van der Waals surface area contributed by atoms with E-state index in [1.165, 1.54) is 13.8 Å². The molecule has 0 aromatic carbocycles. The van der Waals surface area contributed by atoms with Crippen molar-refractivity contribution in [3.8, 4) is 0 Å². The normalized spacial score (nSPS) is 14.6. The van der Waals surface area contributed by atoms with Gasteiger partial charge in [-0.1, -0.05) is 27.7 Å². The Balaban J connectivity index is 4.55. The van der Waals surface area contributed by atoms with Gasteiger partial charge in [-0.25, -0.2) is 0 Å². The number of carbonyl (C=O) groups is 2. The molecule has 0 aliphatic rings. The molecule has 0 aromatic rings. The molecular weight excluding hydrogens is 220 g/mol. The van der Waals surface area contributed by atoms with Crippen LogP contribution >= 0.6 is 0 Å². The van der Waals surface area contributed by atoms with Gasteiger partial charge in [-0.05, 0) is 11.8 Å². The van der Waals surface area contributed by atoms with Crippen LogP contribution in [-0.4, -0.2) is 24.1 Å². The summed E-state index contributed by atoms with van der Waals surface area (Å²) >= 11 is 0. The minimum atomic E-state index is -0.297. The van der Waals surface area contributed by atoms with Crippen LogP contribution in [0.3, 0.4) is 0 Å². The fourth-order valence-corrected chi connectivity index (χ4v) is 1.57. The lowest BCUT2D eigenvalue weighted by Crippen LogP contribution is -2.32. The van der Waals surface area contributed by atoms with E-state index in [0.29, 0.717) is 6.42 Å². The van der Waals surface area contributed by atoms with Gasteiger partial charge in [-0.2, -0.15) is 0 Å². The van der Waals surface area contributed by atoms with E-state index in [1.807, 2.05) is 27.7 Å². The van der Waals surface area contributed by atoms with Gasteiger partial charge < -0.3 is 9.47 Å². The number of rotatable bonds is 6. The number of esters is 2. The smallest absolute Gasteiger partial charge is 0.302 e. The third kappa shape index (κ3) is 6.97. The monoisotopic (exact) mass is 244 g/mol. The van der Waals surface area contributed by atoms with Crippen molar-refractivity contribution in [3.63, 3.8) is 0 Å². The molecule has 0 aliphatic carbocycles. The maximum Gasteiger partial charge on any atom is 0.302 e. The number of carbonyl (C=O) groups excluding carboxylic acids is 2. The van der Waals surface area contributed by atoms with Crippen LogP contribution in [-0.2, 0) is 19.1 Å². The summed E-state index contributed by atoms with van der Waals surface area (Å²) in [7, 11) is 0. The van der Waals surface area contributed by atoms with Gasteiger partial charge in [-0.15, -0.1) is 0 Å². The average Bonchev–Trinajstić information content (AvgIpc) is 2.13. The quantitative estimate of drug-likeness (QED) is 0.674. The third-order valence-electron chi connectivity index (χ3n) is 2.59. The van der Waals surface area contributed by atoms with Crippen molar-refractivity contribution in [2.45, 2.75) is 60.2 Å². The minimum Gasteiger partial charge on any atom is -0.462 e. The van der Waals surface area contributed by atoms with Crippen LogP contribution in [0.2, 0.25) is 0 Å². The summed E-state index contributed by atoms with van der Waals surface area (Å²) in [6, 6.07) is 0. The Morgan fingerprint density at radius 1 is 0.824 bits per heavy atom. The average molecular weight is 244 g/mol. The molecule has 4 nitrogen and oxygen atoms in total. The highest BCUT2D eigenvalue weighted by molar-refractivity contribution is 5.66. The highest BCUT2D eigenvalue weighted by Crippen LogP contribution is 2.20. The van der Waals surface area contributed by atoms with Gasteiger partial charge in [0.15, 0.2) is 0 Å². The van der Waals surface area contributed by atoms with Crippen LogP contribution < -0.4 is 0 Å². The Bertz CT molecular complexity index is 232. The fraction of sp³-hybridized carbons (Fsp3) is 0.846. The lowest BCUT2D eigenvalue weighted by molar-refractivity contribution is -0.156. The van der Waals surface area contributed by atoms with Gasteiger partial charge >= 0.3 is 11.9 Å². The Hall–Kier alpha value is -1.06. The second-order valence-corrected chi connectivity index (χ2v) is 5.02. The third-order valence-corrected chi connectivity index (χ3v) is 2.59. The molecule has 0 heterocycles. The van der Waals surface area contributed by atoms with E-state index in [1.54, 1.807) is 0 Å². The zero-order valence-electron chi connectivity index (χ0n) is 11.6. The molecule has 2 unspecified atom stereocenters. The summed E-state index contributed by atoms with van der Waals surface area (Å²) in [4.78, 5) is 22.0. The molecule has 2 atom stereocenters. The first-order valence-electron chi connectivity index (χ1n) is 6.08. The molecule has 0 spiro atoms. The van der Waals surface area contributed by atoms with Gasteiger partial charge in [0.25, 0.3) is 0 Å². The van der Waals surface area contributed by atoms with E-state index < -0.39 is 0 Å². The van der Waals surface area contributed by atoms with Crippen molar-refractivity contribution >= 4 is 11.9 Å². The summed E-state index contributed by atoms with van der Waals surface area (Å²) in [5.41, 5.74) is 0. The lowest BCUT2D eigenvalue weighted by Gasteiger charge is -2.27. The van der Waals surface area contributed by atoms with Crippen molar-refractivity contribution in [2.24, 2.45) is 11.8 Å². The van der Waals surface area contributed by atoms with E-state index in [2.05, 4.69) is 0 Å². The van der Waals surface area contributed by atoms with Gasteiger partial charge in [-0.3, -0.25) is 9.59 Å². The van der Waals surface area contributed by atoms with Gasteiger partial charge in [0.2, 0.25) is 0 Å². The predicted molar refractivity (Wildman–Crippen MR) is 65.4 cm³/mol. The maximum absolute atomic E-state index is 11.0. The molecule has 17 heavy (non-hydrogen) atoms. The number of hydrogen-bond acceptors (Lipinski definition) is 4. The van der Waals surface area contributed by atoms with Crippen molar-refractivity contribution in [2.75, 3.05) is 0 Å². The molecule has 0 rings (SSSR count). The zero-order chi connectivity index (χ0) is 13.6. The van der Waals surface area contributed by atoms with E-state index in [4.69, 9.17) is 9.47 Å². The van der Waals surface area contributed by atoms with E-state index in [-0.39, 0.29) is 36.0 Å². The summed E-state index contributed by atoms with van der Waals surface area (Å²) in [5, 5.41) is 0. The van der Waals surface area contributed by atoms with Gasteiger partial charge in [0.05, 0.1) is 0 Å². The Morgan fingerprint density at radius 2 is 1.12 bits per heavy atom. The molecule has 0 amide bonds. The van der Waals surface area contributed by atoms with E-state index >= 15 is 0 Å². The highest BCUT2D eigenvalue weighted by atomic mass is 16.6. The van der Waals surface area contributed by atoms with Gasteiger partial charge in [0.1, 0.15) is 12.2 Å². The second-order valence-electron chi connectivity index (χ2n) is 5.02. The molecule has 0 fully saturated rings. The molecule has 0 aromatic heterocycles. The summed E-state index contributed by atoms with van der Waals surface area (Å²) in [5.74, 6) is -0.186. The molecule has 4 heteroatoms. The van der Waals surface area contributed by atoms with Crippen LogP contribution in [0, 0.1) is 11.8 Å². The zero-order valence-corrected chi connectivity index (χ0v) is 11.6. The summed E-state index contributed by atoms with van der Waals surface area (Å²) in [6.07, 6.45) is 0.132. The molecule has 0 saturated heterocycles. The van der Waals surface area contributed by atoms with Crippen LogP contribution in [0.5, 0.6) is 0 Å². The Kier molecular flexibility index (Phi) is 6.85. The standard InChI is InChI=1S/C13H24O4/c1-8(2)12(16-10(5)14)7-13(9(3)4)17-11(6)15/h8-9,12-13H,7H2,1-6H3. The predicted octanol–water partition coefficient (Wildman–Crippen LogP) is 2.55. The summed E-state index contributed by atoms with van der Waals surface area (Å²) < 4.78 is 10.5. The Morgan fingerprint density at radius 3 is 1.29 bits per heavy atom. The number of hydrogen-bond donors (Lipinski definition) is 0. The first kappa shape index (κ1) is 15.9. The van der Waals surface area contributed by atoms with Crippen LogP contribution in [0.4, 0.5) is 0 Å². The molecular formula is C13H24O4. The lowest BCUT2D eigenvalue weighted by atomic mass is 9.95. The van der Waals surface area contributed by atoms with Gasteiger partial charge in [0, 0.05) is 20.3 Å². The molecule has 0 saturated carbocycles. The molecule has 0 aliphatic heterocycles. The minimum absolute atomic E-state index is 0.204. The van der Waals surface area contributed by atoms with Crippen molar-refractivity contribution < 1.29 is 19.1 Å². The second kappa shape index (κ2) is 7.30. The molecule has 100 valence electrons. The van der Waals surface area contributed by atoms with Crippen molar-refractivity contribution in [1.82, 2.24) is 0 Å². The fourth-order valence-electron chi connectivity index (χ4n) is 1.57. The Labute approximate surface area is 104 Å². The topological polar surface area (TPSA) is 52.6 Å². The molecule has 0 N–H and O–H groups in total. The SMILES string of the molecule is CC(=O)OC(CC(OC(C)=O)C(C)C)C(C)C. The van der Waals surface area contributed by atoms with Crippen molar-refractivity contribution in [1.29, 1.82) is 0 Å². The largest absolute Gasteiger partial charge is 0.462 e. The summed E-state index contributed by atoms with van der Waals surface area (Å²) in [6.45, 7) is 10.7. The van der Waals surface area contributed by atoms with Crippen LogP contribution in [0.25, 0.3) is 0 Å². The van der Waals surface area contributed by atoms with Crippen LogP contribution in [0.1, 0.15) is 48.0 Å². The molecule has 0 radical (unpaired) electrons. The first-order valence-corrected chi connectivity index (χ1v) is 6.08. The highest BCUT2D eigenvalue weighted by Gasteiger charge is 2.25.